The summed E-state index contributed by atoms with van der Waals surface area (Å²) in [6.45, 7) is 1.84. The number of phenols is 1. The molecule has 22 heavy (non-hydrogen) atoms. The summed E-state index contributed by atoms with van der Waals surface area (Å²) in [5.41, 5.74) is 0.630. The third-order valence-electron chi connectivity index (χ3n) is 3.51. The Balaban J connectivity index is 2.52. The second-order valence-corrected chi connectivity index (χ2v) is 6.15. The van der Waals surface area contributed by atoms with Crippen LogP contribution in [0.5, 0.6) is 11.5 Å². The molecular formula is C17H18O4S. The number of hydrogen-bond donors (Lipinski definition) is 2. The van der Waals surface area contributed by atoms with Crippen LogP contribution < -0.4 is 4.74 Å². The van der Waals surface area contributed by atoms with Gasteiger partial charge >= 0.3 is 5.97 Å². The molecule has 0 aliphatic heterocycles. The first-order chi connectivity index (χ1) is 10.5. The first kappa shape index (κ1) is 16.2. The molecular weight excluding hydrogens is 300 g/mol. The third kappa shape index (κ3) is 3.04. The van der Waals surface area contributed by atoms with E-state index in [9.17, 15) is 15.0 Å². The Morgan fingerprint density at radius 3 is 2.36 bits per heavy atom. The van der Waals surface area contributed by atoms with Gasteiger partial charge < -0.3 is 14.9 Å². The van der Waals surface area contributed by atoms with Crippen molar-refractivity contribution in [2.24, 2.45) is 0 Å². The van der Waals surface area contributed by atoms with Gasteiger partial charge in [0.05, 0.1) is 7.11 Å². The summed E-state index contributed by atoms with van der Waals surface area (Å²) < 4.78 is 4.19. The molecule has 0 aliphatic rings. The first-order valence-electron chi connectivity index (χ1n) is 6.88. The molecule has 1 unspecified atom stereocenters. The lowest BCUT2D eigenvalue weighted by atomic mass is 9.94. The van der Waals surface area contributed by atoms with Crippen LogP contribution in [0.3, 0.4) is 0 Å². The highest BCUT2D eigenvalue weighted by Crippen LogP contribution is 2.47. The van der Waals surface area contributed by atoms with E-state index in [4.69, 9.17) is 4.74 Å². The Labute approximate surface area is 133 Å². The molecule has 0 aliphatic carbocycles. The van der Waals surface area contributed by atoms with E-state index >= 15 is 0 Å². The number of aliphatic carboxylic acids is 1. The van der Waals surface area contributed by atoms with Gasteiger partial charge in [0.2, 0.25) is 0 Å². The van der Waals surface area contributed by atoms with Crippen molar-refractivity contribution in [1.29, 1.82) is 0 Å². The average Bonchev–Trinajstić information content (AvgIpc) is 2.54. The number of thioether (sulfide) groups is 1. The highest BCUT2D eigenvalue weighted by molar-refractivity contribution is 8.01. The molecule has 2 aromatic rings. The minimum absolute atomic E-state index is 0.152. The van der Waals surface area contributed by atoms with Crippen LogP contribution in [0.1, 0.15) is 18.9 Å². The van der Waals surface area contributed by atoms with Gasteiger partial charge in [-0.1, -0.05) is 25.1 Å². The van der Waals surface area contributed by atoms with Gasteiger partial charge in [0.15, 0.2) is 0 Å². The predicted octanol–water partition coefficient (Wildman–Crippen LogP) is 3.88. The van der Waals surface area contributed by atoms with Crippen LogP contribution in [0.4, 0.5) is 0 Å². The van der Waals surface area contributed by atoms with E-state index < -0.39 is 10.7 Å². The summed E-state index contributed by atoms with van der Waals surface area (Å²) in [6, 6.07) is 13.7. The summed E-state index contributed by atoms with van der Waals surface area (Å²) in [6.07, 6.45) is 0.397. The summed E-state index contributed by atoms with van der Waals surface area (Å²) >= 11 is 1.24. The number of aromatic hydroxyl groups is 1. The van der Waals surface area contributed by atoms with Crippen molar-refractivity contribution < 1.29 is 19.7 Å². The molecule has 0 saturated heterocycles. The number of carbonyl (C=O) groups is 1. The SMILES string of the molecule is CCC(Sc1ccc(O)cc1)(C(=O)O)c1ccccc1OC. The van der Waals surface area contributed by atoms with Crippen molar-refractivity contribution in [2.45, 2.75) is 23.0 Å². The molecule has 0 amide bonds. The number of methoxy groups -OCH3 is 1. The van der Waals surface area contributed by atoms with Crippen LogP contribution in [0.25, 0.3) is 0 Å². The molecule has 0 bridgehead atoms. The summed E-state index contributed by atoms with van der Waals surface area (Å²) in [5, 5.41) is 19.3. The van der Waals surface area contributed by atoms with Gasteiger partial charge in [0.25, 0.3) is 0 Å². The van der Waals surface area contributed by atoms with Gasteiger partial charge in [0.1, 0.15) is 16.2 Å². The molecule has 0 radical (unpaired) electrons. The minimum atomic E-state index is -1.15. The number of rotatable bonds is 6. The lowest BCUT2D eigenvalue weighted by Gasteiger charge is -2.29. The molecule has 5 heteroatoms. The van der Waals surface area contributed by atoms with Gasteiger partial charge in [-0.25, -0.2) is 0 Å². The van der Waals surface area contributed by atoms with Crippen molar-refractivity contribution in [1.82, 2.24) is 0 Å². The van der Waals surface area contributed by atoms with Crippen LogP contribution >= 0.6 is 11.8 Å². The van der Waals surface area contributed by atoms with E-state index in [1.807, 2.05) is 19.1 Å². The van der Waals surface area contributed by atoms with Gasteiger partial charge in [-0.2, -0.15) is 0 Å². The van der Waals surface area contributed by atoms with Crippen LogP contribution in [0.2, 0.25) is 0 Å². The predicted molar refractivity (Wildman–Crippen MR) is 86.6 cm³/mol. The average molecular weight is 318 g/mol. The van der Waals surface area contributed by atoms with Crippen molar-refractivity contribution in [3.63, 3.8) is 0 Å². The fourth-order valence-corrected chi connectivity index (χ4v) is 3.51. The van der Waals surface area contributed by atoms with Crippen LogP contribution in [0.15, 0.2) is 53.4 Å². The topological polar surface area (TPSA) is 66.8 Å². The largest absolute Gasteiger partial charge is 0.508 e. The molecule has 2 rings (SSSR count). The number of hydrogen-bond acceptors (Lipinski definition) is 4. The number of para-hydroxylation sites is 1. The molecule has 0 spiro atoms. The fourth-order valence-electron chi connectivity index (χ4n) is 2.32. The first-order valence-corrected chi connectivity index (χ1v) is 7.70. The van der Waals surface area contributed by atoms with Gasteiger partial charge in [-0.05, 0) is 36.8 Å². The molecule has 0 aromatic heterocycles. The van der Waals surface area contributed by atoms with Crippen LogP contribution in [-0.2, 0) is 9.54 Å². The molecule has 1 atom stereocenters. The number of carboxylic acid groups (broad SMARTS) is 1. The van der Waals surface area contributed by atoms with Crippen molar-refractivity contribution >= 4 is 17.7 Å². The molecule has 0 heterocycles. The molecule has 0 fully saturated rings. The van der Waals surface area contributed by atoms with E-state index in [1.165, 1.54) is 18.9 Å². The zero-order valence-electron chi connectivity index (χ0n) is 12.4. The quantitative estimate of drug-likeness (QED) is 0.791. The molecule has 2 N–H and O–H groups in total. The monoisotopic (exact) mass is 318 g/mol. The lowest BCUT2D eigenvalue weighted by molar-refractivity contribution is -0.140. The lowest BCUT2D eigenvalue weighted by Crippen LogP contribution is -2.32. The van der Waals surface area contributed by atoms with Crippen molar-refractivity contribution in [2.75, 3.05) is 7.11 Å². The third-order valence-corrected chi connectivity index (χ3v) is 5.05. The highest BCUT2D eigenvalue weighted by atomic mass is 32.2. The standard InChI is InChI=1S/C17H18O4S/c1-3-17(16(19)20,14-6-4-5-7-15(14)21-2)22-13-10-8-12(18)9-11-13/h4-11,18H,3H2,1-2H3,(H,19,20). The number of carboxylic acids is 1. The summed E-state index contributed by atoms with van der Waals surface area (Å²) in [5.74, 6) is -0.213. The normalized spacial score (nSPS) is 13.4. The Bertz CT molecular complexity index is 654. The van der Waals surface area contributed by atoms with E-state index in [0.717, 1.165) is 4.90 Å². The van der Waals surface area contributed by atoms with E-state index in [-0.39, 0.29) is 5.75 Å². The Morgan fingerprint density at radius 1 is 1.18 bits per heavy atom. The minimum Gasteiger partial charge on any atom is -0.508 e. The van der Waals surface area contributed by atoms with Crippen LogP contribution in [0, 0.1) is 0 Å². The maximum atomic E-state index is 12.1. The number of ether oxygens (including phenoxy) is 1. The second-order valence-electron chi connectivity index (χ2n) is 4.78. The van der Waals surface area contributed by atoms with Gasteiger partial charge in [-0.15, -0.1) is 11.8 Å². The van der Waals surface area contributed by atoms with Gasteiger partial charge in [0, 0.05) is 10.5 Å². The smallest absolute Gasteiger partial charge is 0.324 e. The Hall–Kier alpha value is -2.14. The summed E-state index contributed by atoms with van der Waals surface area (Å²) in [4.78, 5) is 12.8. The Kier molecular flexibility index (Phi) is 4.98. The maximum Gasteiger partial charge on any atom is 0.324 e. The van der Waals surface area contributed by atoms with Crippen LogP contribution in [-0.4, -0.2) is 23.3 Å². The van der Waals surface area contributed by atoms with Crippen molar-refractivity contribution in [3.05, 3.63) is 54.1 Å². The van der Waals surface area contributed by atoms with Gasteiger partial charge in [-0.3, -0.25) is 4.79 Å². The molecule has 0 saturated carbocycles. The number of benzene rings is 2. The zero-order valence-corrected chi connectivity index (χ0v) is 13.3. The van der Waals surface area contributed by atoms with E-state index in [2.05, 4.69) is 0 Å². The molecule has 4 nitrogen and oxygen atoms in total. The van der Waals surface area contributed by atoms with E-state index in [0.29, 0.717) is 17.7 Å². The summed E-state index contributed by atoms with van der Waals surface area (Å²) in [7, 11) is 1.53. The fraction of sp³-hybridized carbons (Fsp3) is 0.235. The number of phenolic OH excluding ortho intramolecular Hbond substituents is 1. The maximum absolute atomic E-state index is 12.1. The molecule has 2 aromatic carbocycles. The zero-order chi connectivity index (χ0) is 16.2. The molecule has 116 valence electrons. The van der Waals surface area contributed by atoms with Crippen molar-refractivity contribution in [3.8, 4) is 11.5 Å². The Morgan fingerprint density at radius 2 is 1.82 bits per heavy atom. The second kappa shape index (κ2) is 6.75. The van der Waals surface area contributed by atoms with E-state index in [1.54, 1.807) is 36.4 Å². The highest BCUT2D eigenvalue weighted by Gasteiger charge is 2.42.